The number of ether oxygens (including phenoxy) is 3. The lowest BCUT2D eigenvalue weighted by Crippen LogP contribution is -2.07. The highest BCUT2D eigenvalue weighted by Gasteiger charge is 2.19. The number of hydrogen-bond donors (Lipinski definition) is 0. The molecule has 1 aromatic carbocycles. The third-order valence-electron chi connectivity index (χ3n) is 3.21. The first kappa shape index (κ1) is 12.5. The van der Waals surface area contributed by atoms with Crippen LogP contribution in [0.1, 0.15) is 23.0 Å². The minimum atomic E-state index is -0.381. The van der Waals surface area contributed by atoms with Crippen molar-refractivity contribution >= 4 is 5.97 Å². The van der Waals surface area contributed by atoms with Gasteiger partial charge in [0.25, 0.3) is 0 Å². The van der Waals surface area contributed by atoms with Gasteiger partial charge in [-0.3, -0.25) is 0 Å². The Hall–Kier alpha value is -2.50. The molecular formula is C14H14N2O4. The van der Waals surface area contributed by atoms with Crippen molar-refractivity contribution in [1.82, 2.24) is 9.78 Å². The quantitative estimate of drug-likeness (QED) is 0.800. The maximum atomic E-state index is 11.7. The van der Waals surface area contributed by atoms with Crippen molar-refractivity contribution in [1.29, 1.82) is 0 Å². The lowest BCUT2D eigenvalue weighted by Gasteiger charge is -2.08. The number of nitrogens with zero attached hydrogens (tertiary/aromatic N) is 2. The highest BCUT2D eigenvalue weighted by molar-refractivity contribution is 5.90. The number of carbonyl (C=O) groups excluding carboxylic acids is 1. The van der Waals surface area contributed by atoms with Gasteiger partial charge in [-0.1, -0.05) is 6.92 Å². The summed E-state index contributed by atoms with van der Waals surface area (Å²) in [6.07, 6.45) is 2.19. The van der Waals surface area contributed by atoms with E-state index in [0.717, 1.165) is 11.4 Å². The van der Waals surface area contributed by atoms with Crippen LogP contribution >= 0.6 is 0 Å². The third kappa shape index (κ3) is 1.89. The van der Waals surface area contributed by atoms with E-state index >= 15 is 0 Å². The topological polar surface area (TPSA) is 62.6 Å². The molecule has 0 spiro atoms. The Morgan fingerprint density at radius 1 is 1.40 bits per heavy atom. The molecule has 104 valence electrons. The molecule has 0 saturated heterocycles. The molecule has 1 aromatic heterocycles. The SMILES string of the molecule is CCc1c(C(=O)OC)cnn1-c1ccc2c(c1)OCO2. The van der Waals surface area contributed by atoms with Gasteiger partial charge in [-0.05, 0) is 18.6 Å². The number of aromatic nitrogens is 2. The average Bonchev–Trinajstić information content (AvgIpc) is 3.11. The standard InChI is InChI=1S/C14H14N2O4/c1-3-11-10(14(17)18-2)7-15-16(11)9-4-5-12-13(6-9)20-8-19-12/h4-7H,3,8H2,1-2H3. The van der Waals surface area contributed by atoms with Crippen LogP contribution < -0.4 is 9.47 Å². The van der Waals surface area contributed by atoms with Gasteiger partial charge in [0.05, 0.1) is 24.7 Å². The summed E-state index contributed by atoms with van der Waals surface area (Å²) >= 11 is 0. The van der Waals surface area contributed by atoms with Crippen molar-refractivity contribution in [3.05, 3.63) is 35.7 Å². The Morgan fingerprint density at radius 2 is 2.20 bits per heavy atom. The first-order chi connectivity index (χ1) is 9.74. The van der Waals surface area contributed by atoms with E-state index in [2.05, 4.69) is 5.10 Å². The summed E-state index contributed by atoms with van der Waals surface area (Å²) in [5.41, 5.74) is 2.10. The van der Waals surface area contributed by atoms with E-state index in [4.69, 9.17) is 14.2 Å². The van der Waals surface area contributed by atoms with Crippen LogP contribution in [0.5, 0.6) is 11.5 Å². The molecule has 2 aromatic rings. The van der Waals surface area contributed by atoms with Crippen molar-refractivity contribution in [2.75, 3.05) is 13.9 Å². The third-order valence-corrected chi connectivity index (χ3v) is 3.21. The highest BCUT2D eigenvalue weighted by Crippen LogP contribution is 2.34. The molecule has 0 fully saturated rings. The first-order valence-corrected chi connectivity index (χ1v) is 6.29. The number of hydrogen-bond acceptors (Lipinski definition) is 5. The van der Waals surface area contributed by atoms with Crippen LogP contribution in [0, 0.1) is 0 Å². The predicted octanol–water partition coefficient (Wildman–Crippen LogP) is 1.95. The van der Waals surface area contributed by atoms with E-state index < -0.39 is 0 Å². The number of fused-ring (bicyclic) bond motifs is 1. The maximum absolute atomic E-state index is 11.7. The van der Waals surface area contributed by atoms with Gasteiger partial charge in [-0.25, -0.2) is 9.48 Å². The second-order valence-electron chi connectivity index (χ2n) is 4.30. The van der Waals surface area contributed by atoms with Crippen LogP contribution in [0.2, 0.25) is 0 Å². The van der Waals surface area contributed by atoms with E-state index in [1.54, 1.807) is 4.68 Å². The van der Waals surface area contributed by atoms with E-state index in [9.17, 15) is 4.79 Å². The molecule has 0 unspecified atom stereocenters. The zero-order chi connectivity index (χ0) is 14.1. The monoisotopic (exact) mass is 274 g/mol. The van der Waals surface area contributed by atoms with E-state index in [0.29, 0.717) is 23.5 Å². The molecule has 0 saturated carbocycles. The Labute approximate surface area is 115 Å². The predicted molar refractivity (Wildman–Crippen MR) is 70.4 cm³/mol. The maximum Gasteiger partial charge on any atom is 0.341 e. The molecule has 0 radical (unpaired) electrons. The van der Waals surface area contributed by atoms with Gasteiger partial charge in [-0.2, -0.15) is 5.10 Å². The van der Waals surface area contributed by atoms with E-state index in [1.165, 1.54) is 13.3 Å². The van der Waals surface area contributed by atoms with Gasteiger partial charge in [0.2, 0.25) is 6.79 Å². The summed E-state index contributed by atoms with van der Waals surface area (Å²) in [5, 5.41) is 4.27. The fraction of sp³-hybridized carbons (Fsp3) is 0.286. The van der Waals surface area contributed by atoms with Gasteiger partial charge in [-0.15, -0.1) is 0 Å². The van der Waals surface area contributed by atoms with Crippen LogP contribution in [0.25, 0.3) is 5.69 Å². The molecule has 2 heterocycles. The molecule has 1 aliphatic rings. The van der Waals surface area contributed by atoms with Crippen molar-refractivity contribution in [3.8, 4) is 17.2 Å². The van der Waals surface area contributed by atoms with Gasteiger partial charge < -0.3 is 14.2 Å². The smallest absolute Gasteiger partial charge is 0.341 e. The minimum Gasteiger partial charge on any atom is -0.465 e. The highest BCUT2D eigenvalue weighted by atomic mass is 16.7. The lowest BCUT2D eigenvalue weighted by atomic mass is 10.2. The van der Waals surface area contributed by atoms with Crippen molar-refractivity contribution in [2.24, 2.45) is 0 Å². The first-order valence-electron chi connectivity index (χ1n) is 6.29. The zero-order valence-corrected chi connectivity index (χ0v) is 11.3. The number of rotatable bonds is 3. The van der Waals surface area contributed by atoms with Gasteiger partial charge in [0, 0.05) is 6.07 Å². The summed E-state index contributed by atoms with van der Waals surface area (Å²) in [6.45, 7) is 2.19. The zero-order valence-electron chi connectivity index (χ0n) is 11.3. The molecule has 1 aliphatic heterocycles. The molecular weight excluding hydrogens is 260 g/mol. The lowest BCUT2D eigenvalue weighted by molar-refractivity contribution is 0.0599. The number of methoxy groups -OCH3 is 1. The number of benzene rings is 1. The van der Waals surface area contributed by atoms with Crippen LogP contribution in [0.3, 0.4) is 0 Å². The normalized spacial score (nSPS) is 12.5. The fourth-order valence-corrected chi connectivity index (χ4v) is 2.23. The second kappa shape index (κ2) is 4.88. The Kier molecular flexibility index (Phi) is 3.06. The number of carbonyl (C=O) groups is 1. The summed E-state index contributed by atoms with van der Waals surface area (Å²) in [7, 11) is 1.36. The molecule has 0 atom stereocenters. The van der Waals surface area contributed by atoms with Crippen LogP contribution in [0.4, 0.5) is 0 Å². The minimum absolute atomic E-state index is 0.228. The van der Waals surface area contributed by atoms with E-state index in [1.807, 2.05) is 25.1 Å². The second-order valence-corrected chi connectivity index (χ2v) is 4.30. The van der Waals surface area contributed by atoms with Crippen LogP contribution in [-0.2, 0) is 11.2 Å². The van der Waals surface area contributed by atoms with Crippen molar-refractivity contribution in [2.45, 2.75) is 13.3 Å². The van der Waals surface area contributed by atoms with Gasteiger partial charge in [0.1, 0.15) is 5.56 Å². The van der Waals surface area contributed by atoms with Crippen molar-refractivity contribution in [3.63, 3.8) is 0 Å². The van der Waals surface area contributed by atoms with Crippen LogP contribution in [-0.4, -0.2) is 29.7 Å². The molecule has 0 aliphatic carbocycles. The Balaban J connectivity index is 2.06. The fourth-order valence-electron chi connectivity index (χ4n) is 2.23. The Bertz CT molecular complexity index is 663. The summed E-state index contributed by atoms with van der Waals surface area (Å²) in [4.78, 5) is 11.7. The van der Waals surface area contributed by atoms with Gasteiger partial charge >= 0.3 is 5.97 Å². The van der Waals surface area contributed by atoms with Gasteiger partial charge in [0.15, 0.2) is 11.5 Å². The molecule has 0 amide bonds. The Morgan fingerprint density at radius 3 is 2.95 bits per heavy atom. The largest absolute Gasteiger partial charge is 0.465 e. The van der Waals surface area contributed by atoms with Crippen molar-refractivity contribution < 1.29 is 19.0 Å². The average molecular weight is 274 g/mol. The molecule has 6 heteroatoms. The molecule has 3 rings (SSSR count). The molecule has 0 bridgehead atoms. The van der Waals surface area contributed by atoms with E-state index in [-0.39, 0.29) is 12.8 Å². The molecule has 6 nitrogen and oxygen atoms in total. The summed E-state index contributed by atoms with van der Waals surface area (Å²) in [5.74, 6) is 1.01. The summed E-state index contributed by atoms with van der Waals surface area (Å²) < 4.78 is 17.1. The number of esters is 1. The van der Waals surface area contributed by atoms with Crippen LogP contribution in [0.15, 0.2) is 24.4 Å². The molecule has 20 heavy (non-hydrogen) atoms. The molecule has 0 N–H and O–H groups in total. The summed E-state index contributed by atoms with van der Waals surface area (Å²) in [6, 6.07) is 5.55.